The second kappa shape index (κ2) is 5.10. The molecule has 0 unspecified atom stereocenters. The first-order valence-electron chi connectivity index (χ1n) is 5.72. The van der Waals surface area contributed by atoms with Crippen molar-refractivity contribution in [1.29, 1.82) is 0 Å². The first-order valence-corrected chi connectivity index (χ1v) is 7.33. The maximum Gasteiger partial charge on any atom is 0.269 e. The first-order chi connectivity index (χ1) is 9.29. The number of nitrogens with zero attached hydrogens (tertiary/aromatic N) is 1. The molecule has 0 amide bonds. The molecule has 6 nitrogen and oxygen atoms in total. The zero-order valence-electron chi connectivity index (χ0n) is 10.6. The van der Waals surface area contributed by atoms with Gasteiger partial charge in [0.1, 0.15) is 5.75 Å². The molecule has 2 aromatic rings. The minimum atomic E-state index is -4.35. The molecule has 0 aliphatic rings. The molecule has 0 spiro atoms. The Labute approximate surface area is 115 Å². The molecule has 2 rings (SSSR count). The smallest absolute Gasteiger partial charge is 0.269 e. The highest BCUT2D eigenvalue weighted by atomic mass is 32.2. The van der Waals surface area contributed by atoms with Gasteiger partial charge in [-0.3, -0.25) is 13.9 Å². The Hall–Kier alpha value is -2.12. The van der Waals surface area contributed by atoms with Crippen LogP contribution in [0.15, 0.2) is 41.2 Å². The molecule has 0 saturated carbocycles. The van der Waals surface area contributed by atoms with E-state index < -0.39 is 21.4 Å². The Morgan fingerprint density at radius 2 is 1.80 bits per heavy atom. The van der Waals surface area contributed by atoms with Crippen LogP contribution in [-0.4, -0.2) is 22.6 Å². The number of hydrogen-bond acceptors (Lipinski definition) is 4. The van der Waals surface area contributed by atoms with Gasteiger partial charge in [-0.2, -0.15) is 8.42 Å². The Balaban J connectivity index is 2.76. The van der Waals surface area contributed by atoms with E-state index in [0.717, 1.165) is 4.57 Å². The molecule has 106 valence electrons. The van der Waals surface area contributed by atoms with E-state index in [1.807, 2.05) is 0 Å². The van der Waals surface area contributed by atoms with Crippen molar-refractivity contribution in [2.45, 2.75) is 5.75 Å². The van der Waals surface area contributed by atoms with E-state index in [1.165, 1.54) is 13.1 Å². The van der Waals surface area contributed by atoms with Crippen LogP contribution in [0, 0.1) is 0 Å². The van der Waals surface area contributed by atoms with Crippen LogP contribution in [-0.2, 0) is 22.9 Å². The summed E-state index contributed by atoms with van der Waals surface area (Å²) < 4.78 is 32.1. The number of pyridine rings is 1. The van der Waals surface area contributed by atoms with Gasteiger partial charge in [-0.25, -0.2) is 0 Å². The van der Waals surface area contributed by atoms with E-state index in [-0.39, 0.29) is 17.0 Å². The Bertz CT molecular complexity index is 794. The van der Waals surface area contributed by atoms with E-state index in [9.17, 15) is 18.3 Å². The van der Waals surface area contributed by atoms with Gasteiger partial charge < -0.3 is 5.11 Å². The Kier molecular flexibility index (Phi) is 3.65. The summed E-state index contributed by atoms with van der Waals surface area (Å²) in [5.41, 5.74) is 0.114. The highest BCUT2D eigenvalue weighted by Gasteiger charge is 2.19. The lowest BCUT2D eigenvalue weighted by molar-refractivity contribution is 0.422. The summed E-state index contributed by atoms with van der Waals surface area (Å²) in [7, 11) is -3.04. The van der Waals surface area contributed by atoms with Crippen molar-refractivity contribution in [2.24, 2.45) is 7.05 Å². The van der Waals surface area contributed by atoms with Crippen LogP contribution in [0.4, 0.5) is 0 Å². The molecule has 0 saturated heterocycles. The number of aromatic hydroxyl groups is 1. The van der Waals surface area contributed by atoms with Crippen LogP contribution >= 0.6 is 0 Å². The number of rotatable bonds is 3. The standard InChI is InChI=1S/C13H13NO5S/c1-14-12(15)7-10(9-5-3-2-4-6-9)11(13(14)16)8-20(17,18)19/h2-7,15H,8H2,1H3,(H,17,18,19). The summed E-state index contributed by atoms with van der Waals surface area (Å²) in [6.07, 6.45) is 0. The van der Waals surface area contributed by atoms with Gasteiger partial charge in [0.25, 0.3) is 15.7 Å². The minimum Gasteiger partial charge on any atom is -0.494 e. The fourth-order valence-corrected chi connectivity index (χ4v) is 2.58. The van der Waals surface area contributed by atoms with E-state index in [0.29, 0.717) is 5.56 Å². The lowest BCUT2D eigenvalue weighted by Crippen LogP contribution is -2.24. The molecule has 1 aromatic heterocycles. The summed E-state index contributed by atoms with van der Waals surface area (Å²) in [5, 5.41) is 9.72. The summed E-state index contributed by atoms with van der Waals surface area (Å²) >= 11 is 0. The molecule has 0 aliphatic heterocycles. The van der Waals surface area contributed by atoms with Gasteiger partial charge >= 0.3 is 0 Å². The zero-order valence-corrected chi connectivity index (χ0v) is 11.5. The van der Waals surface area contributed by atoms with Gasteiger partial charge in [-0.05, 0) is 11.1 Å². The van der Waals surface area contributed by atoms with Crippen molar-refractivity contribution in [3.8, 4) is 17.0 Å². The van der Waals surface area contributed by atoms with Crippen molar-refractivity contribution < 1.29 is 18.1 Å². The molecule has 20 heavy (non-hydrogen) atoms. The predicted octanol–water partition coefficient (Wildman–Crippen LogP) is 1.15. The average molecular weight is 295 g/mol. The van der Waals surface area contributed by atoms with Crippen molar-refractivity contribution >= 4 is 10.1 Å². The van der Waals surface area contributed by atoms with Crippen LogP contribution in [0.25, 0.3) is 11.1 Å². The maximum atomic E-state index is 12.1. The van der Waals surface area contributed by atoms with Gasteiger partial charge in [-0.15, -0.1) is 0 Å². The van der Waals surface area contributed by atoms with E-state index >= 15 is 0 Å². The first kappa shape index (κ1) is 14.3. The van der Waals surface area contributed by atoms with Gasteiger partial charge in [0, 0.05) is 18.7 Å². The molecule has 1 aromatic carbocycles. The van der Waals surface area contributed by atoms with E-state index in [2.05, 4.69) is 0 Å². The monoisotopic (exact) mass is 295 g/mol. The molecule has 7 heteroatoms. The molecule has 2 N–H and O–H groups in total. The van der Waals surface area contributed by atoms with Gasteiger partial charge in [0.05, 0.1) is 0 Å². The van der Waals surface area contributed by atoms with Crippen molar-refractivity contribution in [2.75, 3.05) is 0 Å². The molecule has 0 aliphatic carbocycles. The molecule has 1 heterocycles. The summed E-state index contributed by atoms with van der Waals surface area (Å²) in [5.74, 6) is -1.09. The average Bonchev–Trinajstić information content (AvgIpc) is 2.39. The minimum absolute atomic E-state index is 0.0843. The summed E-state index contributed by atoms with van der Waals surface area (Å²) in [4.78, 5) is 12.1. The number of aromatic nitrogens is 1. The fourth-order valence-electron chi connectivity index (χ4n) is 1.93. The van der Waals surface area contributed by atoms with Gasteiger partial charge in [0.2, 0.25) is 0 Å². The predicted molar refractivity (Wildman–Crippen MR) is 74.0 cm³/mol. The number of benzene rings is 1. The lowest BCUT2D eigenvalue weighted by atomic mass is 10.0. The van der Waals surface area contributed by atoms with Crippen LogP contribution in [0.3, 0.4) is 0 Å². The van der Waals surface area contributed by atoms with Crippen LogP contribution in [0.5, 0.6) is 5.88 Å². The second-order valence-electron chi connectivity index (χ2n) is 4.35. The summed E-state index contributed by atoms with van der Waals surface area (Å²) in [6, 6.07) is 9.88. The summed E-state index contributed by atoms with van der Waals surface area (Å²) in [6.45, 7) is 0. The highest BCUT2D eigenvalue weighted by Crippen LogP contribution is 2.25. The fraction of sp³-hybridized carbons (Fsp3) is 0.154. The maximum absolute atomic E-state index is 12.1. The van der Waals surface area contributed by atoms with E-state index in [4.69, 9.17) is 4.55 Å². The van der Waals surface area contributed by atoms with Crippen molar-refractivity contribution in [3.05, 3.63) is 52.3 Å². The zero-order chi connectivity index (χ0) is 14.9. The second-order valence-corrected chi connectivity index (χ2v) is 5.80. The largest absolute Gasteiger partial charge is 0.494 e. The number of hydrogen-bond donors (Lipinski definition) is 2. The third kappa shape index (κ3) is 2.89. The Morgan fingerprint density at radius 3 is 2.35 bits per heavy atom. The van der Waals surface area contributed by atoms with Crippen LogP contribution in [0.2, 0.25) is 0 Å². The molecule has 0 fully saturated rings. The van der Waals surface area contributed by atoms with Gasteiger partial charge in [0.15, 0.2) is 5.88 Å². The quantitative estimate of drug-likeness (QED) is 0.828. The normalized spacial score (nSPS) is 11.5. The third-order valence-electron chi connectivity index (χ3n) is 2.92. The van der Waals surface area contributed by atoms with Crippen molar-refractivity contribution in [3.63, 3.8) is 0 Å². The molecular weight excluding hydrogens is 282 g/mol. The van der Waals surface area contributed by atoms with Crippen molar-refractivity contribution in [1.82, 2.24) is 4.57 Å². The molecule has 0 atom stereocenters. The van der Waals surface area contributed by atoms with Gasteiger partial charge in [-0.1, -0.05) is 30.3 Å². The van der Waals surface area contributed by atoms with E-state index in [1.54, 1.807) is 30.3 Å². The highest BCUT2D eigenvalue weighted by molar-refractivity contribution is 7.85. The molecule has 0 radical (unpaired) electrons. The van der Waals surface area contributed by atoms with Crippen LogP contribution < -0.4 is 5.56 Å². The third-order valence-corrected chi connectivity index (χ3v) is 3.57. The molecule has 0 bridgehead atoms. The SMILES string of the molecule is Cn1c(O)cc(-c2ccccc2)c(CS(=O)(=O)O)c1=O. The topological polar surface area (TPSA) is 96.6 Å². The molecular formula is C13H13NO5S. The lowest BCUT2D eigenvalue weighted by Gasteiger charge is -2.11. The van der Waals surface area contributed by atoms with Crippen LogP contribution in [0.1, 0.15) is 5.56 Å². The Morgan fingerprint density at radius 1 is 1.20 bits per heavy atom.